The van der Waals surface area contributed by atoms with Gasteiger partial charge in [-0.15, -0.1) is 0 Å². The van der Waals surface area contributed by atoms with Crippen LogP contribution in [-0.2, 0) is 11.3 Å². The fourth-order valence-electron chi connectivity index (χ4n) is 4.94. The minimum Gasteiger partial charge on any atom is -0.494 e. The first-order valence-electron chi connectivity index (χ1n) is 12.2. The SMILES string of the molecule is COc1ccccc1-n1cc(CN2CCCC(c3nc(SCC4CCCO4)ncc3C)C2)cn1. The van der Waals surface area contributed by atoms with Crippen LogP contribution in [0.5, 0.6) is 5.75 Å². The van der Waals surface area contributed by atoms with E-state index in [1.54, 1.807) is 18.9 Å². The van der Waals surface area contributed by atoms with E-state index in [0.717, 1.165) is 55.0 Å². The highest BCUT2D eigenvalue weighted by Gasteiger charge is 2.25. The summed E-state index contributed by atoms with van der Waals surface area (Å²) in [6.45, 7) is 6.02. The van der Waals surface area contributed by atoms with E-state index in [1.165, 1.54) is 36.1 Å². The fourth-order valence-corrected chi connectivity index (χ4v) is 5.83. The first-order valence-corrected chi connectivity index (χ1v) is 13.2. The molecule has 34 heavy (non-hydrogen) atoms. The van der Waals surface area contributed by atoms with Gasteiger partial charge in [-0.1, -0.05) is 23.9 Å². The van der Waals surface area contributed by atoms with Gasteiger partial charge >= 0.3 is 0 Å². The Balaban J connectivity index is 1.24. The van der Waals surface area contributed by atoms with Gasteiger partial charge in [-0.2, -0.15) is 5.10 Å². The van der Waals surface area contributed by atoms with Gasteiger partial charge in [0.25, 0.3) is 0 Å². The molecule has 1 aromatic carbocycles. The third-order valence-electron chi connectivity index (χ3n) is 6.68. The number of aryl methyl sites for hydroxylation is 1. The number of thioether (sulfide) groups is 1. The molecule has 0 saturated carbocycles. The molecule has 2 saturated heterocycles. The van der Waals surface area contributed by atoms with Crippen molar-refractivity contribution >= 4 is 11.8 Å². The molecule has 2 fully saturated rings. The van der Waals surface area contributed by atoms with Crippen molar-refractivity contribution in [3.05, 3.63) is 59.7 Å². The number of hydrogen-bond donors (Lipinski definition) is 0. The van der Waals surface area contributed by atoms with Crippen molar-refractivity contribution in [1.82, 2.24) is 24.6 Å². The van der Waals surface area contributed by atoms with E-state index in [2.05, 4.69) is 28.1 Å². The second-order valence-electron chi connectivity index (χ2n) is 9.21. The van der Waals surface area contributed by atoms with Crippen LogP contribution in [0, 0.1) is 6.92 Å². The third kappa shape index (κ3) is 5.45. The highest BCUT2D eigenvalue weighted by molar-refractivity contribution is 7.99. The van der Waals surface area contributed by atoms with Gasteiger partial charge in [0.15, 0.2) is 5.16 Å². The molecule has 0 N–H and O–H groups in total. The maximum absolute atomic E-state index is 5.76. The smallest absolute Gasteiger partial charge is 0.187 e. The molecule has 2 aromatic heterocycles. The Hall–Kier alpha value is -2.42. The van der Waals surface area contributed by atoms with E-state index in [9.17, 15) is 0 Å². The van der Waals surface area contributed by atoms with E-state index in [1.807, 2.05) is 41.3 Å². The Morgan fingerprint density at radius 2 is 2.09 bits per heavy atom. The molecule has 3 aromatic rings. The van der Waals surface area contributed by atoms with Crippen LogP contribution in [0.2, 0.25) is 0 Å². The molecule has 0 radical (unpaired) electrons. The van der Waals surface area contributed by atoms with Crippen molar-refractivity contribution in [2.75, 3.05) is 32.6 Å². The van der Waals surface area contributed by atoms with Crippen LogP contribution in [0.3, 0.4) is 0 Å². The summed E-state index contributed by atoms with van der Waals surface area (Å²) >= 11 is 1.73. The number of aromatic nitrogens is 4. The molecular formula is C26H33N5O2S. The van der Waals surface area contributed by atoms with Gasteiger partial charge in [-0.3, -0.25) is 4.90 Å². The first kappa shape index (κ1) is 23.3. The number of piperidine rings is 1. The number of ether oxygens (including phenoxy) is 2. The van der Waals surface area contributed by atoms with Gasteiger partial charge in [0.05, 0.1) is 25.1 Å². The lowest BCUT2D eigenvalue weighted by molar-refractivity contribution is 0.129. The number of para-hydroxylation sites is 2. The molecule has 2 atom stereocenters. The van der Waals surface area contributed by atoms with Crippen molar-refractivity contribution in [3.8, 4) is 11.4 Å². The van der Waals surface area contributed by atoms with Crippen LogP contribution >= 0.6 is 11.8 Å². The Kier molecular flexibility index (Phi) is 7.47. The number of likely N-dealkylation sites (tertiary alicyclic amines) is 1. The maximum atomic E-state index is 5.76. The topological polar surface area (TPSA) is 65.3 Å². The Labute approximate surface area is 205 Å². The van der Waals surface area contributed by atoms with Gasteiger partial charge in [-0.25, -0.2) is 14.6 Å². The molecule has 180 valence electrons. The van der Waals surface area contributed by atoms with Gasteiger partial charge in [-0.05, 0) is 56.8 Å². The zero-order valence-corrected chi connectivity index (χ0v) is 20.8. The molecule has 7 nitrogen and oxygen atoms in total. The standard InChI is InChI=1S/C26H33N5O2S/c1-19-13-27-26(34-18-22-8-6-12-33-22)29-25(19)21-7-5-11-30(17-21)15-20-14-28-31(16-20)23-9-3-4-10-24(23)32-2/h3-4,9-10,13-14,16,21-22H,5-8,11-12,15,17-18H2,1-2H3. The Bertz CT molecular complexity index is 1100. The van der Waals surface area contributed by atoms with E-state index < -0.39 is 0 Å². The molecule has 5 rings (SSSR count). The lowest BCUT2D eigenvalue weighted by Gasteiger charge is -2.32. The summed E-state index contributed by atoms with van der Waals surface area (Å²) in [5, 5.41) is 5.47. The summed E-state index contributed by atoms with van der Waals surface area (Å²) in [7, 11) is 1.69. The molecule has 2 aliphatic heterocycles. The molecule has 0 aliphatic carbocycles. The van der Waals surface area contributed by atoms with E-state index in [4.69, 9.17) is 14.5 Å². The molecule has 0 spiro atoms. The fraction of sp³-hybridized carbons (Fsp3) is 0.500. The summed E-state index contributed by atoms with van der Waals surface area (Å²) in [5.41, 5.74) is 4.56. The normalized spacial score (nSPS) is 21.1. The maximum Gasteiger partial charge on any atom is 0.187 e. The average Bonchev–Trinajstić information content (AvgIpc) is 3.56. The third-order valence-corrected chi connectivity index (χ3v) is 7.67. The summed E-state index contributed by atoms with van der Waals surface area (Å²) in [4.78, 5) is 12.1. The van der Waals surface area contributed by atoms with Crippen molar-refractivity contribution in [2.45, 2.75) is 56.3 Å². The number of rotatable bonds is 8. The van der Waals surface area contributed by atoms with Crippen LogP contribution < -0.4 is 4.74 Å². The Morgan fingerprint density at radius 3 is 2.94 bits per heavy atom. The lowest BCUT2D eigenvalue weighted by Crippen LogP contribution is -2.34. The lowest BCUT2D eigenvalue weighted by atomic mass is 9.92. The summed E-state index contributed by atoms with van der Waals surface area (Å²) < 4.78 is 13.2. The van der Waals surface area contributed by atoms with E-state index in [-0.39, 0.29) is 0 Å². The highest BCUT2D eigenvalue weighted by atomic mass is 32.2. The van der Waals surface area contributed by atoms with Gasteiger partial charge in [0, 0.05) is 49.3 Å². The zero-order valence-electron chi connectivity index (χ0n) is 20.0. The van der Waals surface area contributed by atoms with E-state index in [0.29, 0.717) is 12.0 Å². The van der Waals surface area contributed by atoms with E-state index >= 15 is 0 Å². The van der Waals surface area contributed by atoms with Crippen molar-refractivity contribution in [1.29, 1.82) is 0 Å². The van der Waals surface area contributed by atoms with Gasteiger partial charge in [0.1, 0.15) is 11.4 Å². The molecule has 2 unspecified atom stereocenters. The average molecular weight is 480 g/mol. The van der Waals surface area contributed by atoms with Crippen LogP contribution in [0.4, 0.5) is 0 Å². The molecule has 4 heterocycles. The summed E-state index contributed by atoms with van der Waals surface area (Å²) in [6.07, 6.45) is 11.1. The summed E-state index contributed by atoms with van der Waals surface area (Å²) in [6, 6.07) is 7.97. The predicted octanol–water partition coefficient (Wildman–Crippen LogP) is 4.63. The van der Waals surface area contributed by atoms with Crippen LogP contribution in [0.25, 0.3) is 5.69 Å². The number of nitrogens with zero attached hydrogens (tertiary/aromatic N) is 5. The summed E-state index contributed by atoms with van der Waals surface area (Å²) in [5.74, 6) is 2.20. The van der Waals surface area contributed by atoms with Crippen molar-refractivity contribution < 1.29 is 9.47 Å². The van der Waals surface area contributed by atoms with Crippen molar-refractivity contribution in [2.24, 2.45) is 0 Å². The van der Waals surface area contributed by atoms with Crippen LogP contribution in [0.1, 0.15) is 48.4 Å². The predicted molar refractivity (Wildman–Crippen MR) is 134 cm³/mol. The monoisotopic (exact) mass is 479 g/mol. The number of benzene rings is 1. The van der Waals surface area contributed by atoms with Gasteiger partial charge in [0.2, 0.25) is 0 Å². The molecular weight excluding hydrogens is 446 g/mol. The van der Waals surface area contributed by atoms with Crippen molar-refractivity contribution in [3.63, 3.8) is 0 Å². The second-order valence-corrected chi connectivity index (χ2v) is 10.2. The molecule has 0 amide bonds. The quantitative estimate of drug-likeness (QED) is 0.345. The Morgan fingerprint density at radius 1 is 1.18 bits per heavy atom. The van der Waals surface area contributed by atoms with Crippen LogP contribution in [-0.4, -0.2) is 63.3 Å². The molecule has 2 aliphatic rings. The minimum atomic E-state index is 0.347. The number of hydrogen-bond acceptors (Lipinski definition) is 7. The minimum absolute atomic E-state index is 0.347. The number of methoxy groups -OCH3 is 1. The largest absolute Gasteiger partial charge is 0.494 e. The zero-order chi connectivity index (χ0) is 23.3. The highest BCUT2D eigenvalue weighted by Crippen LogP contribution is 2.30. The first-order chi connectivity index (χ1) is 16.7. The second kappa shape index (κ2) is 10.9. The molecule has 0 bridgehead atoms. The van der Waals surface area contributed by atoms with Crippen LogP contribution in [0.15, 0.2) is 48.0 Å². The van der Waals surface area contributed by atoms with Gasteiger partial charge < -0.3 is 9.47 Å². The molecule has 8 heteroatoms.